The Hall–Kier alpha value is -0.190. The molecule has 0 aromatic heterocycles. The monoisotopic (exact) mass is 315 g/mol. The Labute approximate surface area is 119 Å². The predicted octanol–water partition coefficient (Wildman–Crippen LogP) is 3.81. The third-order valence-corrected chi connectivity index (χ3v) is 3.67. The molecule has 0 amide bonds. The van der Waals surface area contributed by atoms with Crippen LogP contribution in [0, 0.1) is 0 Å². The van der Waals surface area contributed by atoms with Crippen molar-refractivity contribution in [1.29, 1.82) is 0 Å². The number of hydrogen-bond donors (Lipinski definition) is 2. The number of nitrogens with zero attached hydrogens (tertiary/aromatic N) is 1. The van der Waals surface area contributed by atoms with Crippen molar-refractivity contribution in [1.82, 2.24) is 0 Å². The molecule has 1 aromatic carbocycles. The molecule has 0 spiro atoms. The summed E-state index contributed by atoms with van der Waals surface area (Å²) in [5, 5.41) is 18.8. The molecule has 94 valence electrons. The normalized spacial score (nSPS) is 13.3. The molecule has 1 aromatic rings. The molecule has 0 bridgehead atoms. The maximum Gasteiger partial charge on any atom is 0.146 e. The summed E-state index contributed by atoms with van der Waals surface area (Å²) >= 11 is 23.3. The van der Waals surface area contributed by atoms with Gasteiger partial charge in [0.25, 0.3) is 0 Å². The van der Waals surface area contributed by atoms with E-state index in [2.05, 4.69) is 4.99 Å². The van der Waals surface area contributed by atoms with Crippen molar-refractivity contribution in [2.24, 2.45) is 4.99 Å². The van der Waals surface area contributed by atoms with E-state index in [9.17, 15) is 5.11 Å². The number of aromatic hydroxyl groups is 1. The minimum absolute atomic E-state index is 0.0106. The number of benzene rings is 1. The van der Waals surface area contributed by atoms with E-state index in [1.165, 1.54) is 6.21 Å². The summed E-state index contributed by atoms with van der Waals surface area (Å²) in [5.41, 5.74) is 0.173. The van der Waals surface area contributed by atoms with Crippen LogP contribution >= 0.6 is 46.4 Å². The van der Waals surface area contributed by atoms with Crippen molar-refractivity contribution in [2.75, 3.05) is 6.54 Å². The molecule has 0 aliphatic carbocycles. The number of halogens is 4. The van der Waals surface area contributed by atoms with Crippen LogP contribution in [-0.2, 0) is 0 Å². The summed E-state index contributed by atoms with van der Waals surface area (Å²) in [4.78, 5) is 3.89. The molecule has 7 heteroatoms. The number of aliphatic hydroxyl groups excluding tert-OH is 1. The molecular formula is C10H9Cl4NO2. The summed E-state index contributed by atoms with van der Waals surface area (Å²) in [7, 11) is 0. The molecule has 1 atom stereocenters. The topological polar surface area (TPSA) is 52.8 Å². The van der Waals surface area contributed by atoms with E-state index in [1.54, 1.807) is 6.92 Å². The molecule has 0 radical (unpaired) electrons. The van der Waals surface area contributed by atoms with E-state index in [1.807, 2.05) is 0 Å². The highest BCUT2D eigenvalue weighted by Crippen LogP contribution is 2.44. The van der Waals surface area contributed by atoms with Crippen LogP contribution in [0.25, 0.3) is 0 Å². The smallest absolute Gasteiger partial charge is 0.146 e. The van der Waals surface area contributed by atoms with Crippen LogP contribution in [0.4, 0.5) is 0 Å². The predicted molar refractivity (Wildman–Crippen MR) is 72.3 cm³/mol. The molecule has 17 heavy (non-hydrogen) atoms. The maximum absolute atomic E-state index is 9.74. The average Bonchev–Trinajstić information content (AvgIpc) is 2.28. The molecule has 0 saturated carbocycles. The highest BCUT2D eigenvalue weighted by molar-refractivity contribution is 6.53. The van der Waals surface area contributed by atoms with Gasteiger partial charge in [-0.15, -0.1) is 0 Å². The average molecular weight is 317 g/mol. The zero-order valence-corrected chi connectivity index (χ0v) is 11.7. The standard InChI is InChI=1S/C10H9Cl4NO2/c1-4(16)2-15-3-5-6(11)7(12)8(13)9(14)10(5)17/h3-4,16-17H,2H2,1H3. The van der Waals surface area contributed by atoms with Gasteiger partial charge in [0, 0.05) is 6.21 Å². The molecule has 3 nitrogen and oxygen atoms in total. The van der Waals surface area contributed by atoms with Crippen molar-refractivity contribution in [2.45, 2.75) is 13.0 Å². The summed E-state index contributed by atoms with van der Waals surface area (Å²) in [6, 6.07) is 0. The van der Waals surface area contributed by atoms with Gasteiger partial charge in [-0.25, -0.2) is 0 Å². The summed E-state index contributed by atoms with van der Waals surface area (Å²) < 4.78 is 0. The maximum atomic E-state index is 9.74. The van der Waals surface area contributed by atoms with Gasteiger partial charge >= 0.3 is 0 Å². The van der Waals surface area contributed by atoms with Gasteiger partial charge in [-0.2, -0.15) is 0 Å². The lowest BCUT2D eigenvalue weighted by atomic mass is 10.2. The van der Waals surface area contributed by atoms with Gasteiger partial charge in [-0.3, -0.25) is 4.99 Å². The zero-order valence-electron chi connectivity index (χ0n) is 8.72. The first kappa shape index (κ1) is 14.9. The van der Waals surface area contributed by atoms with Crippen molar-refractivity contribution < 1.29 is 10.2 Å². The first-order valence-corrected chi connectivity index (χ1v) is 6.10. The second-order valence-electron chi connectivity index (χ2n) is 3.36. The lowest BCUT2D eigenvalue weighted by molar-refractivity contribution is 0.204. The van der Waals surface area contributed by atoms with Gasteiger partial charge in [0.2, 0.25) is 0 Å². The lowest BCUT2D eigenvalue weighted by Gasteiger charge is -2.09. The lowest BCUT2D eigenvalue weighted by Crippen LogP contribution is -2.04. The van der Waals surface area contributed by atoms with Crippen molar-refractivity contribution in [3.05, 3.63) is 25.7 Å². The Bertz CT molecular complexity index is 431. The van der Waals surface area contributed by atoms with E-state index >= 15 is 0 Å². The number of hydrogen-bond acceptors (Lipinski definition) is 3. The molecular weight excluding hydrogens is 308 g/mol. The minimum Gasteiger partial charge on any atom is -0.506 e. The number of phenolic OH excluding ortho intramolecular Hbond substituents is 1. The quantitative estimate of drug-likeness (QED) is 0.506. The zero-order chi connectivity index (χ0) is 13.2. The van der Waals surface area contributed by atoms with Crippen LogP contribution in [0.1, 0.15) is 12.5 Å². The first-order chi connectivity index (χ1) is 7.86. The fourth-order valence-electron chi connectivity index (χ4n) is 1.05. The Balaban J connectivity index is 3.20. The van der Waals surface area contributed by atoms with Crippen LogP contribution < -0.4 is 0 Å². The second kappa shape index (κ2) is 6.12. The Morgan fingerprint density at radius 1 is 1.12 bits per heavy atom. The van der Waals surface area contributed by atoms with E-state index in [0.717, 1.165) is 0 Å². The highest BCUT2D eigenvalue weighted by atomic mass is 35.5. The fraction of sp³-hybridized carbons (Fsp3) is 0.300. The third-order valence-electron chi connectivity index (χ3n) is 1.87. The molecule has 2 N–H and O–H groups in total. The van der Waals surface area contributed by atoms with Gasteiger partial charge in [-0.1, -0.05) is 46.4 Å². The van der Waals surface area contributed by atoms with Crippen molar-refractivity contribution >= 4 is 52.6 Å². The molecule has 0 aliphatic heterocycles. The van der Waals surface area contributed by atoms with Gasteiger partial charge in [0.15, 0.2) is 0 Å². The van der Waals surface area contributed by atoms with Crippen LogP contribution in [0.2, 0.25) is 20.1 Å². The van der Waals surface area contributed by atoms with E-state index in [0.29, 0.717) is 0 Å². The van der Waals surface area contributed by atoms with Crippen LogP contribution in [0.3, 0.4) is 0 Å². The molecule has 0 heterocycles. The Morgan fingerprint density at radius 3 is 2.18 bits per heavy atom. The fourth-order valence-corrected chi connectivity index (χ4v) is 1.96. The molecule has 0 saturated heterocycles. The minimum atomic E-state index is -0.592. The van der Waals surface area contributed by atoms with Gasteiger partial charge in [0.1, 0.15) is 10.8 Å². The summed E-state index contributed by atoms with van der Waals surface area (Å²) in [6.07, 6.45) is 0.698. The van der Waals surface area contributed by atoms with Crippen LogP contribution in [0.5, 0.6) is 5.75 Å². The van der Waals surface area contributed by atoms with Gasteiger partial charge < -0.3 is 10.2 Å². The van der Waals surface area contributed by atoms with Crippen LogP contribution in [-0.4, -0.2) is 29.1 Å². The van der Waals surface area contributed by atoms with Crippen LogP contribution in [0.15, 0.2) is 4.99 Å². The number of aliphatic hydroxyl groups is 1. The van der Waals surface area contributed by atoms with Crippen molar-refractivity contribution in [3.8, 4) is 5.75 Å². The Kier molecular flexibility index (Phi) is 5.35. The van der Waals surface area contributed by atoms with Gasteiger partial charge in [-0.05, 0) is 6.92 Å². The SMILES string of the molecule is CC(O)CN=Cc1c(O)c(Cl)c(Cl)c(Cl)c1Cl. The number of phenols is 1. The number of rotatable bonds is 3. The first-order valence-electron chi connectivity index (χ1n) is 4.59. The van der Waals surface area contributed by atoms with Crippen molar-refractivity contribution in [3.63, 3.8) is 0 Å². The summed E-state index contributed by atoms with van der Waals surface area (Å²) in [5.74, 6) is -0.291. The Morgan fingerprint density at radius 2 is 1.65 bits per heavy atom. The van der Waals surface area contributed by atoms with Gasteiger partial charge in [0.05, 0.1) is 33.3 Å². The van der Waals surface area contributed by atoms with E-state index in [-0.39, 0.29) is 37.9 Å². The number of aliphatic imine (C=N–C) groups is 1. The van der Waals surface area contributed by atoms with E-state index in [4.69, 9.17) is 51.5 Å². The highest BCUT2D eigenvalue weighted by Gasteiger charge is 2.18. The summed E-state index contributed by atoms with van der Waals surface area (Å²) in [6.45, 7) is 1.76. The second-order valence-corrected chi connectivity index (χ2v) is 4.87. The third kappa shape index (κ3) is 3.39. The molecule has 1 rings (SSSR count). The van der Waals surface area contributed by atoms with E-state index < -0.39 is 6.10 Å². The largest absolute Gasteiger partial charge is 0.506 e. The molecule has 1 unspecified atom stereocenters. The molecule has 0 aliphatic rings. The molecule has 0 fully saturated rings.